The molecular weight excluding hydrogens is 430 g/mol. The molecule has 34 heavy (non-hydrogen) atoms. The molecule has 0 aliphatic carbocycles. The number of nitrogens with zero attached hydrogens (tertiary/aromatic N) is 7. The van der Waals surface area contributed by atoms with Gasteiger partial charge in [0.1, 0.15) is 23.4 Å². The van der Waals surface area contributed by atoms with Gasteiger partial charge in [0.2, 0.25) is 0 Å². The van der Waals surface area contributed by atoms with Gasteiger partial charge in [-0.05, 0) is 38.1 Å². The molecule has 2 atom stereocenters. The van der Waals surface area contributed by atoms with Crippen LogP contribution in [0.2, 0.25) is 0 Å². The molecule has 5 heterocycles. The number of rotatable bonds is 5. The predicted octanol–water partition coefficient (Wildman–Crippen LogP) is 2.69. The minimum atomic E-state index is 0.318. The van der Waals surface area contributed by atoms with Crippen LogP contribution < -0.4 is 16.0 Å². The van der Waals surface area contributed by atoms with Crippen LogP contribution in [-0.2, 0) is 4.74 Å². The van der Waals surface area contributed by atoms with Crippen molar-refractivity contribution in [1.29, 1.82) is 0 Å². The Labute approximate surface area is 197 Å². The van der Waals surface area contributed by atoms with E-state index in [1.807, 2.05) is 17.5 Å². The molecule has 2 aliphatic heterocycles. The van der Waals surface area contributed by atoms with Gasteiger partial charge in [0.05, 0.1) is 18.5 Å². The molecular formula is C24H27N9O. The molecule has 3 N–H and O–H groups in total. The number of fused-ring (bicyclic) bond motifs is 1. The summed E-state index contributed by atoms with van der Waals surface area (Å²) >= 11 is 0. The van der Waals surface area contributed by atoms with E-state index in [9.17, 15) is 0 Å². The molecule has 4 aromatic rings. The van der Waals surface area contributed by atoms with Crippen molar-refractivity contribution in [2.75, 3.05) is 42.1 Å². The largest absolute Gasteiger partial charge is 0.382 e. The third-order valence-electron chi connectivity index (χ3n) is 6.52. The topological polar surface area (TPSA) is 113 Å². The Morgan fingerprint density at radius 3 is 2.53 bits per heavy atom. The van der Waals surface area contributed by atoms with E-state index in [0.717, 1.165) is 43.2 Å². The highest BCUT2D eigenvalue weighted by Crippen LogP contribution is 2.29. The molecule has 10 heteroatoms. The molecule has 2 saturated heterocycles. The minimum Gasteiger partial charge on any atom is -0.382 e. The van der Waals surface area contributed by atoms with Crippen LogP contribution in [0.4, 0.5) is 23.0 Å². The van der Waals surface area contributed by atoms with Crippen molar-refractivity contribution in [2.45, 2.75) is 26.2 Å². The molecule has 2 fully saturated rings. The summed E-state index contributed by atoms with van der Waals surface area (Å²) < 4.78 is 7.61. The Bertz CT molecular complexity index is 1330. The van der Waals surface area contributed by atoms with E-state index >= 15 is 0 Å². The van der Waals surface area contributed by atoms with Gasteiger partial charge in [-0.3, -0.25) is 14.3 Å². The van der Waals surface area contributed by atoms with E-state index in [2.05, 4.69) is 61.3 Å². The lowest BCUT2D eigenvalue weighted by atomic mass is 10.2. The van der Waals surface area contributed by atoms with Crippen LogP contribution in [0.1, 0.15) is 12.6 Å². The number of nitrogens with two attached hydrogens (primary N) is 1. The number of nitrogen functional groups attached to an aromatic ring is 1. The molecule has 2 aliphatic rings. The first-order valence-corrected chi connectivity index (χ1v) is 11.5. The average molecular weight is 458 g/mol. The quantitative estimate of drug-likeness (QED) is 0.437. The van der Waals surface area contributed by atoms with Gasteiger partial charge in [-0.15, -0.1) is 0 Å². The Hall–Kier alpha value is -3.76. The number of hydrogen-bond acceptors (Lipinski definition) is 9. The number of hydrogen-bond donors (Lipinski definition) is 2. The summed E-state index contributed by atoms with van der Waals surface area (Å²) in [5.41, 5.74) is 11.0. The zero-order valence-electron chi connectivity index (χ0n) is 19.2. The second-order valence-electron chi connectivity index (χ2n) is 8.77. The van der Waals surface area contributed by atoms with Gasteiger partial charge in [-0.2, -0.15) is 0 Å². The lowest BCUT2D eigenvalue weighted by Crippen LogP contribution is -2.47. The predicted molar refractivity (Wildman–Crippen MR) is 131 cm³/mol. The fourth-order valence-corrected chi connectivity index (χ4v) is 4.61. The van der Waals surface area contributed by atoms with Gasteiger partial charge in [0.25, 0.3) is 0 Å². The molecule has 3 aromatic heterocycles. The SMILES string of the molecule is Cc1c(-c2cncc(N)n2)nc(Nc2ccc(N3CCN(C4OC4C)CC3)cc2)c2nccn12. The number of aryl methyl sites for hydroxylation is 1. The van der Waals surface area contributed by atoms with Gasteiger partial charge < -0.3 is 20.7 Å². The Kier molecular flexibility index (Phi) is 5.04. The monoisotopic (exact) mass is 457 g/mol. The summed E-state index contributed by atoms with van der Waals surface area (Å²) in [4.78, 5) is 22.8. The van der Waals surface area contributed by atoms with Crippen molar-refractivity contribution in [3.05, 3.63) is 54.7 Å². The molecule has 0 bridgehead atoms. The van der Waals surface area contributed by atoms with E-state index in [1.54, 1.807) is 12.4 Å². The third kappa shape index (κ3) is 3.80. The number of ether oxygens (including phenoxy) is 1. The van der Waals surface area contributed by atoms with Crippen molar-refractivity contribution in [1.82, 2.24) is 29.2 Å². The fraction of sp³-hybridized carbons (Fsp3) is 0.333. The highest BCUT2D eigenvalue weighted by molar-refractivity contribution is 5.75. The number of benzene rings is 1. The lowest BCUT2D eigenvalue weighted by molar-refractivity contribution is 0.166. The van der Waals surface area contributed by atoms with Crippen LogP contribution in [0, 0.1) is 6.92 Å². The van der Waals surface area contributed by atoms with Crippen molar-refractivity contribution in [3.8, 4) is 11.4 Å². The molecule has 0 saturated carbocycles. The summed E-state index contributed by atoms with van der Waals surface area (Å²) in [5.74, 6) is 1.00. The normalized spacial score (nSPS) is 20.6. The van der Waals surface area contributed by atoms with Crippen LogP contribution >= 0.6 is 0 Å². The molecule has 174 valence electrons. The summed E-state index contributed by atoms with van der Waals surface area (Å²) in [6.07, 6.45) is 7.56. The van der Waals surface area contributed by atoms with Crippen molar-refractivity contribution < 1.29 is 4.74 Å². The van der Waals surface area contributed by atoms with Crippen molar-refractivity contribution >= 4 is 28.7 Å². The Morgan fingerprint density at radius 1 is 1.06 bits per heavy atom. The highest BCUT2D eigenvalue weighted by atomic mass is 16.6. The smallest absolute Gasteiger partial charge is 0.180 e. The first kappa shape index (κ1) is 20.8. The van der Waals surface area contributed by atoms with Crippen LogP contribution in [0.3, 0.4) is 0 Å². The fourth-order valence-electron chi connectivity index (χ4n) is 4.61. The molecule has 0 spiro atoms. The molecule has 6 rings (SSSR count). The third-order valence-corrected chi connectivity index (χ3v) is 6.52. The summed E-state index contributed by atoms with van der Waals surface area (Å²) in [6.45, 7) is 8.16. The zero-order chi connectivity index (χ0) is 23.2. The van der Waals surface area contributed by atoms with Gasteiger partial charge >= 0.3 is 0 Å². The van der Waals surface area contributed by atoms with Gasteiger partial charge in [0.15, 0.2) is 11.5 Å². The summed E-state index contributed by atoms with van der Waals surface area (Å²) in [5, 5.41) is 3.43. The zero-order valence-corrected chi connectivity index (χ0v) is 19.2. The van der Waals surface area contributed by atoms with Gasteiger partial charge in [-0.25, -0.2) is 15.0 Å². The number of imidazole rings is 1. The van der Waals surface area contributed by atoms with E-state index < -0.39 is 0 Å². The number of anilines is 4. The van der Waals surface area contributed by atoms with Crippen LogP contribution in [0.5, 0.6) is 0 Å². The van der Waals surface area contributed by atoms with Crippen LogP contribution in [0.25, 0.3) is 17.0 Å². The minimum absolute atomic E-state index is 0.318. The Morgan fingerprint density at radius 2 is 1.82 bits per heavy atom. The average Bonchev–Trinajstić information content (AvgIpc) is 3.37. The molecule has 0 radical (unpaired) electrons. The molecule has 1 aromatic carbocycles. The number of nitrogens with one attached hydrogen (secondary N) is 1. The highest BCUT2D eigenvalue weighted by Gasteiger charge is 2.40. The maximum absolute atomic E-state index is 5.86. The molecule has 0 amide bonds. The Balaban J connectivity index is 1.23. The second kappa shape index (κ2) is 8.23. The summed E-state index contributed by atoms with van der Waals surface area (Å²) in [7, 11) is 0. The van der Waals surface area contributed by atoms with Crippen molar-refractivity contribution in [3.63, 3.8) is 0 Å². The van der Waals surface area contributed by atoms with E-state index in [0.29, 0.717) is 35.4 Å². The van der Waals surface area contributed by atoms with Gasteiger partial charge in [-0.1, -0.05) is 0 Å². The maximum atomic E-state index is 5.86. The molecule has 10 nitrogen and oxygen atoms in total. The van der Waals surface area contributed by atoms with E-state index in [-0.39, 0.29) is 0 Å². The second-order valence-corrected chi connectivity index (χ2v) is 8.77. The standard InChI is InChI=1S/C24H27N9O/c1-15-21(19-13-26-14-20(25)29-19)30-22(23-27-7-8-33(15)23)28-17-3-5-18(6-4-17)31-9-11-32(12-10-31)24-16(2)34-24/h3-8,13-14,16,24H,9-12H2,1-2H3,(H2,25,29)(H,28,30). The number of aromatic nitrogens is 5. The molecule has 2 unspecified atom stereocenters. The maximum Gasteiger partial charge on any atom is 0.180 e. The first-order chi connectivity index (χ1) is 16.6. The summed E-state index contributed by atoms with van der Waals surface area (Å²) in [6, 6.07) is 8.45. The number of piperazine rings is 1. The van der Waals surface area contributed by atoms with E-state index in [4.69, 9.17) is 15.5 Å². The van der Waals surface area contributed by atoms with E-state index in [1.165, 1.54) is 11.9 Å². The van der Waals surface area contributed by atoms with Crippen LogP contribution in [0.15, 0.2) is 49.1 Å². The number of epoxide rings is 1. The first-order valence-electron chi connectivity index (χ1n) is 11.5. The van der Waals surface area contributed by atoms with Crippen LogP contribution in [-0.4, -0.2) is 67.7 Å². The lowest BCUT2D eigenvalue weighted by Gasteiger charge is -2.35. The van der Waals surface area contributed by atoms with Crippen molar-refractivity contribution in [2.24, 2.45) is 0 Å². The van der Waals surface area contributed by atoms with Gasteiger partial charge in [0, 0.05) is 55.6 Å².